The molecule has 142 valence electrons. The monoisotopic (exact) mass is 457 g/mol. The molecule has 0 spiro atoms. The number of aliphatic imine (C=N–C) groups is 1. The van der Waals surface area contributed by atoms with Gasteiger partial charge in [-0.15, -0.1) is 11.8 Å². The van der Waals surface area contributed by atoms with Crippen LogP contribution in [0.1, 0.15) is 23.6 Å². The van der Waals surface area contributed by atoms with Gasteiger partial charge in [-0.25, -0.2) is 9.69 Å². The molecule has 1 unspecified atom stereocenters. The first-order valence-corrected chi connectivity index (χ1v) is 10.4. The van der Waals surface area contributed by atoms with Gasteiger partial charge in [-0.1, -0.05) is 40.2 Å². The summed E-state index contributed by atoms with van der Waals surface area (Å²) in [5.74, 6) is -0.601. The van der Waals surface area contributed by atoms with Crippen molar-refractivity contribution in [1.82, 2.24) is 4.90 Å². The molecule has 6 nitrogen and oxygen atoms in total. The Morgan fingerprint density at radius 3 is 2.64 bits per heavy atom. The van der Waals surface area contributed by atoms with Gasteiger partial charge in [0.25, 0.3) is 5.91 Å². The summed E-state index contributed by atoms with van der Waals surface area (Å²) in [7, 11) is 0. The van der Waals surface area contributed by atoms with Crippen molar-refractivity contribution in [2.24, 2.45) is 4.99 Å². The lowest BCUT2D eigenvalue weighted by Crippen LogP contribution is -2.43. The van der Waals surface area contributed by atoms with Crippen LogP contribution in [0, 0.1) is 6.92 Å². The molecule has 2 aliphatic heterocycles. The summed E-state index contributed by atoms with van der Waals surface area (Å²) < 4.78 is 0.904. The van der Waals surface area contributed by atoms with E-state index in [1.807, 2.05) is 50.2 Å². The number of anilines is 1. The van der Waals surface area contributed by atoms with E-state index in [9.17, 15) is 14.4 Å². The average Bonchev–Trinajstić information content (AvgIpc) is 3.12. The summed E-state index contributed by atoms with van der Waals surface area (Å²) in [6.07, 6.45) is 0. The minimum Gasteiger partial charge on any atom is -0.320 e. The molecule has 0 aliphatic carbocycles. The normalized spacial score (nSPS) is 22.5. The fourth-order valence-electron chi connectivity index (χ4n) is 3.36. The van der Waals surface area contributed by atoms with Crippen LogP contribution in [0.25, 0.3) is 0 Å². The highest BCUT2D eigenvalue weighted by Crippen LogP contribution is 2.45. The Morgan fingerprint density at radius 2 is 1.93 bits per heavy atom. The standard InChI is InChI=1S/C20H16BrN3O3S/c1-11-3-8-14-15(9-11)22-18(26)17(14)23-19(27)24-16(25)10-28-20(24,2)12-4-6-13(21)7-5-12/h3-9H,10H2,1-2H3,(H,22,23,26,27). The maximum absolute atomic E-state index is 13.0. The number of hydrogen-bond acceptors (Lipinski definition) is 4. The smallest absolute Gasteiger partial charge is 0.320 e. The number of nitrogens with zero attached hydrogens (tertiary/aromatic N) is 2. The van der Waals surface area contributed by atoms with Crippen molar-refractivity contribution < 1.29 is 14.4 Å². The molecule has 2 heterocycles. The first-order chi connectivity index (χ1) is 13.3. The predicted molar refractivity (Wildman–Crippen MR) is 113 cm³/mol. The molecule has 4 rings (SSSR count). The average molecular weight is 458 g/mol. The van der Waals surface area contributed by atoms with Crippen molar-refractivity contribution in [2.75, 3.05) is 11.1 Å². The molecule has 1 N–H and O–H groups in total. The van der Waals surface area contributed by atoms with Gasteiger partial charge >= 0.3 is 6.03 Å². The van der Waals surface area contributed by atoms with Gasteiger partial charge in [0.1, 0.15) is 10.6 Å². The Balaban J connectivity index is 1.72. The van der Waals surface area contributed by atoms with Crippen LogP contribution >= 0.6 is 27.7 Å². The summed E-state index contributed by atoms with van der Waals surface area (Å²) in [5, 5.41) is 2.72. The predicted octanol–water partition coefficient (Wildman–Crippen LogP) is 4.07. The van der Waals surface area contributed by atoms with Gasteiger partial charge in [0.15, 0.2) is 0 Å². The molecule has 0 aromatic heterocycles. The van der Waals surface area contributed by atoms with Crippen LogP contribution in [0.5, 0.6) is 0 Å². The number of halogens is 1. The third-order valence-corrected chi connectivity index (χ3v) is 6.73. The lowest BCUT2D eigenvalue weighted by Gasteiger charge is -2.31. The topological polar surface area (TPSA) is 78.8 Å². The quantitative estimate of drug-likeness (QED) is 0.699. The maximum atomic E-state index is 13.0. The third kappa shape index (κ3) is 3.06. The number of nitrogens with one attached hydrogen (secondary N) is 1. The molecular weight excluding hydrogens is 442 g/mol. The summed E-state index contributed by atoms with van der Waals surface area (Å²) in [6, 6.07) is 12.1. The summed E-state index contributed by atoms with van der Waals surface area (Å²) in [6.45, 7) is 3.73. The molecule has 0 bridgehead atoms. The van der Waals surface area contributed by atoms with Gasteiger partial charge < -0.3 is 5.32 Å². The van der Waals surface area contributed by atoms with Crippen molar-refractivity contribution in [3.8, 4) is 0 Å². The highest BCUT2D eigenvalue weighted by Gasteiger charge is 2.48. The second-order valence-electron chi connectivity index (χ2n) is 6.75. The summed E-state index contributed by atoms with van der Waals surface area (Å²) >= 11 is 4.76. The van der Waals surface area contributed by atoms with Gasteiger partial charge in [-0.2, -0.15) is 4.99 Å². The Morgan fingerprint density at radius 1 is 1.21 bits per heavy atom. The van der Waals surface area contributed by atoms with E-state index in [0.717, 1.165) is 20.5 Å². The van der Waals surface area contributed by atoms with Crippen LogP contribution in [0.15, 0.2) is 51.9 Å². The molecule has 1 saturated heterocycles. The zero-order chi connectivity index (χ0) is 20.1. The van der Waals surface area contributed by atoms with Gasteiger partial charge in [-0.05, 0) is 43.2 Å². The number of carbonyl (C=O) groups is 3. The number of rotatable bonds is 1. The molecule has 2 aromatic rings. The number of amides is 4. The van der Waals surface area contributed by atoms with Gasteiger partial charge in [-0.3, -0.25) is 9.59 Å². The van der Waals surface area contributed by atoms with E-state index >= 15 is 0 Å². The maximum Gasteiger partial charge on any atom is 0.352 e. The number of thioether (sulfide) groups is 1. The molecule has 1 atom stereocenters. The largest absolute Gasteiger partial charge is 0.352 e. The van der Waals surface area contributed by atoms with Crippen LogP contribution < -0.4 is 5.32 Å². The Kier molecular flexibility index (Phi) is 4.63. The molecular formula is C20H16BrN3O3S. The lowest BCUT2D eigenvalue weighted by atomic mass is 10.1. The van der Waals surface area contributed by atoms with Crippen LogP contribution in [-0.4, -0.2) is 34.2 Å². The molecule has 2 aliphatic rings. The first-order valence-electron chi connectivity index (χ1n) is 8.58. The fourth-order valence-corrected chi connectivity index (χ4v) is 4.77. The van der Waals surface area contributed by atoms with Crippen molar-refractivity contribution in [3.63, 3.8) is 0 Å². The second-order valence-corrected chi connectivity index (χ2v) is 9.04. The van der Waals surface area contributed by atoms with Crippen molar-refractivity contribution in [3.05, 3.63) is 63.6 Å². The van der Waals surface area contributed by atoms with E-state index in [0.29, 0.717) is 11.3 Å². The highest BCUT2D eigenvalue weighted by atomic mass is 79.9. The summed E-state index contributed by atoms with van der Waals surface area (Å²) in [4.78, 5) is 42.2. The zero-order valence-electron chi connectivity index (χ0n) is 15.2. The minimum absolute atomic E-state index is 0.0304. The zero-order valence-corrected chi connectivity index (χ0v) is 17.6. The highest BCUT2D eigenvalue weighted by molar-refractivity contribution is 9.10. The van der Waals surface area contributed by atoms with E-state index in [-0.39, 0.29) is 17.4 Å². The van der Waals surface area contributed by atoms with Gasteiger partial charge in [0.05, 0.1) is 11.4 Å². The SMILES string of the molecule is Cc1ccc2c(c1)NC(=O)C2=NC(=O)N1C(=O)CSC1(C)c1ccc(Br)cc1. The number of aryl methyl sites for hydroxylation is 1. The molecule has 4 amide bonds. The second kappa shape index (κ2) is 6.86. The van der Waals surface area contributed by atoms with E-state index in [4.69, 9.17) is 0 Å². The van der Waals surface area contributed by atoms with Crippen LogP contribution in [0.3, 0.4) is 0 Å². The van der Waals surface area contributed by atoms with Crippen LogP contribution in [0.4, 0.5) is 10.5 Å². The molecule has 0 saturated carbocycles. The molecule has 1 fully saturated rings. The van der Waals surface area contributed by atoms with Crippen molar-refractivity contribution in [1.29, 1.82) is 0 Å². The number of carbonyl (C=O) groups excluding carboxylic acids is 3. The Labute approximate surface area is 174 Å². The lowest BCUT2D eigenvalue weighted by molar-refractivity contribution is -0.126. The third-order valence-electron chi connectivity index (χ3n) is 4.82. The molecule has 0 radical (unpaired) electrons. The van der Waals surface area contributed by atoms with Gasteiger partial charge in [0.2, 0.25) is 5.91 Å². The van der Waals surface area contributed by atoms with Crippen LogP contribution in [-0.2, 0) is 14.5 Å². The Bertz CT molecular complexity index is 1050. The van der Waals surface area contributed by atoms with Crippen molar-refractivity contribution in [2.45, 2.75) is 18.7 Å². The molecule has 2 aromatic carbocycles. The van der Waals surface area contributed by atoms with E-state index in [1.165, 1.54) is 11.8 Å². The molecule has 28 heavy (non-hydrogen) atoms. The van der Waals surface area contributed by atoms with Gasteiger partial charge in [0, 0.05) is 10.0 Å². The number of urea groups is 1. The van der Waals surface area contributed by atoms with Crippen LogP contribution in [0.2, 0.25) is 0 Å². The van der Waals surface area contributed by atoms with E-state index < -0.39 is 16.8 Å². The van der Waals surface area contributed by atoms with E-state index in [2.05, 4.69) is 26.2 Å². The molecule has 8 heteroatoms. The Hall–Kier alpha value is -2.45. The fraction of sp³-hybridized carbons (Fsp3) is 0.200. The van der Waals surface area contributed by atoms with E-state index in [1.54, 1.807) is 6.07 Å². The first kappa shape index (κ1) is 18.9. The number of fused-ring (bicyclic) bond motifs is 1. The minimum atomic E-state index is -0.885. The summed E-state index contributed by atoms with van der Waals surface area (Å²) in [5.41, 5.74) is 3.01. The van der Waals surface area contributed by atoms with Crippen molar-refractivity contribution >= 4 is 56.9 Å². The number of hydrogen-bond donors (Lipinski definition) is 1. The number of imide groups is 1. The number of benzene rings is 2.